The summed E-state index contributed by atoms with van der Waals surface area (Å²) >= 11 is 0. The summed E-state index contributed by atoms with van der Waals surface area (Å²) in [4.78, 5) is 4.76. The number of hydrogen-bond donors (Lipinski definition) is 0. The van der Waals surface area contributed by atoms with Crippen LogP contribution in [0.1, 0.15) is 49.9 Å². The smallest absolute Gasteiger partial charge is 0.0548 e. The predicted molar refractivity (Wildman–Crippen MR) is 320 cm³/mol. The summed E-state index contributed by atoms with van der Waals surface area (Å²) < 4.78 is 5.07. The van der Waals surface area contributed by atoms with Gasteiger partial charge in [0.15, 0.2) is 0 Å². The van der Waals surface area contributed by atoms with Crippen LogP contribution in [0.15, 0.2) is 255 Å². The first-order chi connectivity index (χ1) is 37.2. The highest BCUT2D eigenvalue weighted by Crippen LogP contribution is 2.52. The molecule has 15 rings (SSSR count). The zero-order valence-electron chi connectivity index (χ0n) is 43.0. The first kappa shape index (κ1) is 44.1. The third-order valence-corrected chi connectivity index (χ3v) is 16.8. The molecule has 4 nitrogen and oxygen atoms in total. The molecule has 0 N–H and O–H groups in total. The predicted octanol–water partition coefficient (Wildman–Crippen LogP) is 19.4. The molecule has 0 fully saturated rings. The highest BCUT2D eigenvalue weighted by molar-refractivity contribution is 6.20. The quantitative estimate of drug-likeness (QED) is 0.151. The molecular formula is C72H54N4. The lowest BCUT2D eigenvalue weighted by atomic mass is 9.82. The Morgan fingerprint density at radius 1 is 0.250 bits per heavy atom. The van der Waals surface area contributed by atoms with Crippen LogP contribution in [-0.2, 0) is 10.8 Å². The molecule has 13 aromatic rings. The Balaban J connectivity index is 1.04. The van der Waals surface area contributed by atoms with Gasteiger partial charge in [0.25, 0.3) is 0 Å². The van der Waals surface area contributed by atoms with Crippen LogP contribution in [0.5, 0.6) is 0 Å². The third-order valence-electron chi connectivity index (χ3n) is 16.8. The Morgan fingerprint density at radius 2 is 0.566 bits per heavy atom. The minimum Gasteiger partial charge on any atom is -0.310 e. The summed E-state index contributed by atoms with van der Waals surface area (Å²) in [6, 6.07) is 94.4. The first-order valence-corrected chi connectivity index (χ1v) is 26.6. The van der Waals surface area contributed by atoms with Gasteiger partial charge in [0, 0.05) is 77.9 Å². The van der Waals surface area contributed by atoms with Crippen LogP contribution in [-0.4, -0.2) is 9.13 Å². The maximum atomic E-state index is 2.53. The van der Waals surface area contributed by atoms with Gasteiger partial charge in [-0.1, -0.05) is 161 Å². The van der Waals surface area contributed by atoms with Crippen molar-refractivity contribution in [3.05, 3.63) is 277 Å². The van der Waals surface area contributed by atoms with Crippen LogP contribution in [0.25, 0.3) is 77.2 Å². The zero-order valence-corrected chi connectivity index (χ0v) is 43.0. The van der Waals surface area contributed by atoms with Crippen LogP contribution in [0.4, 0.5) is 34.1 Å². The van der Waals surface area contributed by atoms with Crippen molar-refractivity contribution in [1.82, 2.24) is 9.13 Å². The molecule has 2 aliphatic carbocycles. The van der Waals surface area contributed by atoms with Gasteiger partial charge < -0.3 is 18.9 Å². The van der Waals surface area contributed by atoms with Crippen molar-refractivity contribution in [2.45, 2.75) is 38.5 Å². The lowest BCUT2D eigenvalue weighted by molar-refractivity contribution is 0.660. The van der Waals surface area contributed by atoms with Gasteiger partial charge in [-0.25, -0.2) is 0 Å². The largest absolute Gasteiger partial charge is 0.310 e. The third kappa shape index (κ3) is 6.50. The van der Waals surface area contributed by atoms with E-state index in [4.69, 9.17) is 0 Å². The van der Waals surface area contributed by atoms with E-state index in [2.05, 4.69) is 301 Å². The number of fused-ring (bicyclic) bond motifs is 12. The molecule has 0 saturated carbocycles. The molecular weight excluding hydrogens is 921 g/mol. The van der Waals surface area contributed by atoms with Crippen molar-refractivity contribution in [2.75, 3.05) is 9.80 Å². The van der Waals surface area contributed by atoms with E-state index in [1.165, 1.54) is 66.1 Å². The molecule has 0 amide bonds. The molecule has 0 unspecified atom stereocenters. The lowest BCUT2D eigenvalue weighted by Gasteiger charge is -2.25. The maximum Gasteiger partial charge on any atom is 0.0548 e. The summed E-state index contributed by atoms with van der Waals surface area (Å²) in [5.41, 5.74) is 24.0. The lowest BCUT2D eigenvalue weighted by Crippen LogP contribution is -2.15. The van der Waals surface area contributed by atoms with E-state index in [0.29, 0.717) is 0 Å². The summed E-state index contributed by atoms with van der Waals surface area (Å²) in [6.07, 6.45) is 0. The summed E-state index contributed by atoms with van der Waals surface area (Å²) in [5.74, 6) is 0. The van der Waals surface area contributed by atoms with Gasteiger partial charge in [-0.2, -0.15) is 0 Å². The Morgan fingerprint density at radius 3 is 0.934 bits per heavy atom. The Kier molecular flexibility index (Phi) is 9.62. The number of rotatable bonds is 8. The summed E-state index contributed by atoms with van der Waals surface area (Å²) in [7, 11) is 0. The van der Waals surface area contributed by atoms with E-state index in [9.17, 15) is 0 Å². The normalized spacial score (nSPS) is 13.7. The van der Waals surface area contributed by atoms with E-state index in [1.54, 1.807) is 0 Å². The first-order valence-electron chi connectivity index (χ1n) is 26.6. The molecule has 11 aromatic carbocycles. The number of para-hydroxylation sites is 4. The second-order valence-electron chi connectivity index (χ2n) is 21.8. The van der Waals surface area contributed by atoms with E-state index in [-0.39, 0.29) is 10.8 Å². The second kappa shape index (κ2) is 16.6. The van der Waals surface area contributed by atoms with Crippen LogP contribution in [0, 0.1) is 0 Å². The molecule has 2 heterocycles. The van der Waals surface area contributed by atoms with Crippen LogP contribution >= 0.6 is 0 Å². The van der Waals surface area contributed by atoms with Crippen molar-refractivity contribution >= 4 is 77.7 Å². The average Bonchev–Trinajstić information content (AvgIpc) is 4.17. The van der Waals surface area contributed by atoms with Gasteiger partial charge >= 0.3 is 0 Å². The minimum absolute atomic E-state index is 0.161. The number of aromatic nitrogens is 2. The SMILES string of the molecule is CC1(C)c2ccccc2-c2ccc(-n3c4ccc(N(c5ccccc5)c5ccccc5)cc4c4cc5c(cc43)c3cc(N(c4ccccc4)c4ccccc4)ccc3n5-c3ccc4c(c3)C(C)(C)c3ccccc3-4)cc21. The van der Waals surface area contributed by atoms with Crippen molar-refractivity contribution in [3.63, 3.8) is 0 Å². The van der Waals surface area contributed by atoms with Gasteiger partial charge in [-0.05, 0) is 166 Å². The number of benzene rings is 11. The second-order valence-corrected chi connectivity index (χ2v) is 21.8. The van der Waals surface area contributed by atoms with Gasteiger partial charge in [-0.3, -0.25) is 0 Å². The van der Waals surface area contributed by atoms with Crippen molar-refractivity contribution in [1.29, 1.82) is 0 Å². The van der Waals surface area contributed by atoms with Crippen LogP contribution < -0.4 is 9.80 Å². The Bertz CT molecular complexity index is 4080. The van der Waals surface area contributed by atoms with Crippen LogP contribution in [0.2, 0.25) is 0 Å². The van der Waals surface area contributed by atoms with Gasteiger partial charge in [-0.15, -0.1) is 0 Å². The fraction of sp³-hybridized carbons (Fsp3) is 0.0833. The molecule has 362 valence electrons. The number of anilines is 6. The molecule has 76 heavy (non-hydrogen) atoms. The average molecular weight is 975 g/mol. The van der Waals surface area contributed by atoms with E-state index >= 15 is 0 Å². The van der Waals surface area contributed by atoms with E-state index < -0.39 is 0 Å². The molecule has 0 radical (unpaired) electrons. The topological polar surface area (TPSA) is 16.3 Å². The zero-order chi connectivity index (χ0) is 50.9. The summed E-state index contributed by atoms with van der Waals surface area (Å²) in [5, 5.41) is 4.78. The molecule has 2 aliphatic rings. The van der Waals surface area contributed by atoms with Gasteiger partial charge in [0.05, 0.1) is 22.1 Å². The van der Waals surface area contributed by atoms with Crippen molar-refractivity contribution < 1.29 is 0 Å². The molecule has 0 bridgehead atoms. The maximum absolute atomic E-state index is 2.53. The van der Waals surface area contributed by atoms with Gasteiger partial charge in [0.1, 0.15) is 0 Å². The fourth-order valence-electron chi connectivity index (χ4n) is 13.2. The molecule has 2 aromatic heterocycles. The molecule has 0 spiro atoms. The fourth-order valence-corrected chi connectivity index (χ4v) is 13.2. The van der Waals surface area contributed by atoms with E-state index in [0.717, 1.165) is 67.6 Å². The van der Waals surface area contributed by atoms with Crippen molar-refractivity contribution in [3.8, 4) is 33.6 Å². The Labute approximate surface area is 443 Å². The minimum atomic E-state index is -0.161. The standard InChI is InChI=1S/C72H54N4/c1-71(2)63-31-19-17-29-55(63)57-37-33-53(43-65(57)71)75-67-39-35-51(73(47-21-9-5-10-22-47)48-23-11-6-12-24-48)41-59(67)61-46-70-62(45-69(61)75)60-42-52(74(49-25-13-7-14-26-49)50-27-15-8-16-28-50)36-40-68(60)76(70)54-34-38-58-56-30-18-20-32-64(56)72(3,4)66(58)44-54/h5-46H,1-4H3. The molecule has 4 heteroatoms. The molecule has 0 aliphatic heterocycles. The van der Waals surface area contributed by atoms with Crippen molar-refractivity contribution in [2.24, 2.45) is 0 Å². The highest BCUT2D eigenvalue weighted by atomic mass is 15.1. The molecule has 0 saturated heterocycles. The Hall–Kier alpha value is -9.38. The molecule has 0 atom stereocenters. The number of hydrogen-bond acceptors (Lipinski definition) is 2. The van der Waals surface area contributed by atoms with E-state index in [1.807, 2.05) is 0 Å². The number of nitrogens with zero attached hydrogens (tertiary/aromatic N) is 4. The highest BCUT2D eigenvalue weighted by Gasteiger charge is 2.37. The van der Waals surface area contributed by atoms with Crippen LogP contribution in [0.3, 0.4) is 0 Å². The van der Waals surface area contributed by atoms with Gasteiger partial charge in [0.2, 0.25) is 0 Å². The monoisotopic (exact) mass is 974 g/mol. The summed E-state index contributed by atoms with van der Waals surface area (Å²) in [6.45, 7) is 9.52.